The van der Waals surface area contributed by atoms with Gasteiger partial charge in [0.2, 0.25) is 11.8 Å². The Morgan fingerprint density at radius 3 is 2.63 bits per heavy atom. The Hall–Kier alpha value is -2.19. The fraction of sp³-hybridized carbons (Fsp3) is 0.741. The zero-order chi connectivity index (χ0) is 25.3. The number of likely N-dealkylation sites (tertiary alicyclic amines) is 1. The summed E-state index contributed by atoms with van der Waals surface area (Å²) in [5.41, 5.74) is -1.28. The SMILES string of the molecule is CCCCCN1CC=CC23O[C@@H]4/C=C\CCC(C)OC(=O)C4[C@H]2C(=O)N(C(CO)C(C)C)[C@@H]3C1=O. The maximum Gasteiger partial charge on any atom is 0.313 e. The number of hydrogen-bond donors (Lipinski definition) is 1. The Balaban J connectivity index is 1.81. The highest BCUT2D eigenvalue weighted by Crippen LogP contribution is 2.54. The van der Waals surface area contributed by atoms with Crippen molar-refractivity contribution in [2.24, 2.45) is 17.8 Å². The second-order valence-electron chi connectivity index (χ2n) is 10.7. The molecular formula is C27H40N2O6. The first-order valence-corrected chi connectivity index (χ1v) is 13.2. The lowest BCUT2D eigenvalue weighted by atomic mass is 9.78. The molecule has 4 heterocycles. The fourth-order valence-electron chi connectivity index (χ4n) is 6.17. The van der Waals surface area contributed by atoms with Gasteiger partial charge in [-0.25, -0.2) is 0 Å². The molecule has 7 atom stereocenters. The molecule has 0 aromatic carbocycles. The van der Waals surface area contributed by atoms with Gasteiger partial charge in [-0.15, -0.1) is 0 Å². The number of rotatable bonds is 7. The van der Waals surface area contributed by atoms with Crippen LogP contribution in [0.2, 0.25) is 0 Å². The summed E-state index contributed by atoms with van der Waals surface area (Å²) in [5.74, 6) is -2.78. The van der Waals surface area contributed by atoms with Gasteiger partial charge in [-0.05, 0) is 32.1 Å². The summed E-state index contributed by atoms with van der Waals surface area (Å²) in [6.45, 7) is 8.56. The summed E-state index contributed by atoms with van der Waals surface area (Å²) < 4.78 is 12.3. The van der Waals surface area contributed by atoms with Gasteiger partial charge in [0, 0.05) is 13.1 Å². The Labute approximate surface area is 208 Å². The summed E-state index contributed by atoms with van der Waals surface area (Å²) in [5, 5.41) is 10.3. The molecule has 0 aromatic heterocycles. The Bertz CT molecular complexity index is 885. The molecule has 4 rings (SSSR count). The molecule has 2 saturated heterocycles. The lowest BCUT2D eigenvalue weighted by Gasteiger charge is -2.39. The number of cyclic esters (lactones) is 1. The molecule has 2 amide bonds. The first-order valence-electron chi connectivity index (χ1n) is 13.2. The number of hydrogen-bond acceptors (Lipinski definition) is 6. The van der Waals surface area contributed by atoms with Crippen molar-refractivity contribution in [2.75, 3.05) is 19.7 Å². The minimum absolute atomic E-state index is 0.0865. The van der Waals surface area contributed by atoms with Crippen molar-refractivity contribution in [3.05, 3.63) is 24.3 Å². The topological polar surface area (TPSA) is 96.4 Å². The molecule has 4 aliphatic rings. The predicted octanol–water partition coefficient (Wildman–Crippen LogP) is 2.45. The van der Waals surface area contributed by atoms with Gasteiger partial charge >= 0.3 is 5.97 Å². The van der Waals surface area contributed by atoms with Crippen LogP contribution in [-0.4, -0.2) is 82.3 Å². The number of nitrogens with zero attached hydrogens (tertiary/aromatic N) is 2. The van der Waals surface area contributed by atoms with Crippen LogP contribution in [0.15, 0.2) is 24.3 Å². The average Bonchev–Trinajstić information content (AvgIpc) is 3.21. The summed E-state index contributed by atoms with van der Waals surface area (Å²) in [7, 11) is 0. The van der Waals surface area contributed by atoms with Gasteiger partial charge in [-0.2, -0.15) is 0 Å². The maximum absolute atomic E-state index is 14.1. The number of allylic oxidation sites excluding steroid dienone is 1. The lowest BCUT2D eigenvalue weighted by molar-refractivity contribution is -0.160. The highest BCUT2D eigenvalue weighted by Gasteiger charge is 2.72. The molecule has 1 spiro atoms. The van der Waals surface area contributed by atoms with Crippen molar-refractivity contribution in [1.82, 2.24) is 9.80 Å². The van der Waals surface area contributed by atoms with Crippen LogP contribution in [0.25, 0.3) is 0 Å². The third-order valence-electron chi connectivity index (χ3n) is 8.02. The molecule has 194 valence electrons. The minimum Gasteiger partial charge on any atom is -0.462 e. The second-order valence-corrected chi connectivity index (χ2v) is 10.7. The van der Waals surface area contributed by atoms with E-state index < -0.39 is 41.6 Å². The number of carbonyl (C=O) groups is 3. The zero-order valence-electron chi connectivity index (χ0n) is 21.4. The van der Waals surface area contributed by atoms with E-state index in [0.717, 1.165) is 25.7 Å². The number of ether oxygens (including phenoxy) is 2. The number of fused-ring (bicyclic) bond motifs is 2. The number of aliphatic hydroxyl groups excluding tert-OH is 1. The number of unbranched alkanes of at least 4 members (excludes halogenated alkanes) is 2. The molecule has 8 heteroatoms. The summed E-state index contributed by atoms with van der Waals surface area (Å²) in [6, 6.07) is -1.50. The number of esters is 1. The van der Waals surface area contributed by atoms with E-state index in [1.165, 1.54) is 4.90 Å². The van der Waals surface area contributed by atoms with E-state index in [-0.39, 0.29) is 30.4 Å². The summed E-state index contributed by atoms with van der Waals surface area (Å²) in [6.07, 6.45) is 11.0. The second kappa shape index (κ2) is 10.4. The number of carbonyl (C=O) groups excluding carboxylic acids is 3. The van der Waals surface area contributed by atoms with E-state index >= 15 is 0 Å². The molecule has 2 fully saturated rings. The van der Waals surface area contributed by atoms with E-state index in [1.54, 1.807) is 4.90 Å². The highest BCUT2D eigenvalue weighted by molar-refractivity contribution is 5.99. The van der Waals surface area contributed by atoms with Crippen LogP contribution in [0.5, 0.6) is 0 Å². The quantitative estimate of drug-likeness (QED) is 0.336. The van der Waals surface area contributed by atoms with Crippen molar-refractivity contribution in [1.29, 1.82) is 0 Å². The summed E-state index contributed by atoms with van der Waals surface area (Å²) >= 11 is 0. The van der Waals surface area contributed by atoms with Gasteiger partial charge in [-0.1, -0.05) is 57.9 Å². The standard InChI is InChI=1S/C27H40N2O6/c1-5-6-9-14-28-15-10-13-27-22(21-20(35-27)12-8-7-11-18(4)34-26(21)33)24(31)29(23(27)25(28)32)19(16-30)17(2)3/h8,10,12-13,17-23,30H,5-7,9,11,14-16H2,1-4H3/b12-8-/t18?,19?,20-,21?,22+,23-,27?/m1/s1. The zero-order valence-corrected chi connectivity index (χ0v) is 21.4. The lowest BCUT2D eigenvalue weighted by Crippen LogP contribution is -2.59. The largest absolute Gasteiger partial charge is 0.462 e. The monoisotopic (exact) mass is 488 g/mol. The van der Waals surface area contributed by atoms with E-state index in [9.17, 15) is 19.5 Å². The van der Waals surface area contributed by atoms with Crippen LogP contribution in [0, 0.1) is 17.8 Å². The number of aliphatic hydroxyl groups is 1. The molecule has 0 bridgehead atoms. The molecule has 0 radical (unpaired) electrons. The van der Waals surface area contributed by atoms with E-state index in [1.807, 2.05) is 45.1 Å². The smallest absolute Gasteiger partial charge is 0.313 e. The van der Waals surface area contributed by atoms with E-state index in [4.69, 9.17) is 9.47 Å². The average molecular weight is 489 g/mol. The van der Waals surface area contributed by atoms with Crippen LogP contribution in [0.3, 0.4) is 0 Å². The van der Waals surface area contributed by atoms with Crippen LogP contribution in [0.4, 0.5) is 0 Å². The normalized spacial score (nSPS) is 36.6. The van der Waals surface area contributed by atoms with Crippen LogP contribution in [-0.2, 0) is 23.9 Å². The first kappa shape index (κ1) is 25.9. The van der Waals surface area contributed by atoms with E-state index in [2.05, 4.69) is 6.92 Å². The van der Waals surface area contributed by atoms with Crippen LogP contribution >= 0.6 is 0 Å². The Morgan fingerprint density at radius 2 is 1.94 bits per heavy atom. The molecular weight excluding hydrogens is 448 g/mol. The number of amides is 2. The van der Waals surface area contributed by atoms with Gasteiger partial charge in [0.1, 0.15) is 17.6 Å². The van der Waals surface area contributed by atoms with E-state index in [0.29, 0.717) is 19.5 Å². The van der Waals surface area contributed by atoms with Crippen molar-refractivity contribution in [3.63, 3.8) is 0 Å². The molecule has 4 unspecified atom stereocenters. The van der Waals surface area contributed by atoms with Crippen molar-refractivity contribution >= 4 is 17.8 Å². The fourth-order valence-corrected chi connectivity index (χ4v) is 6.17. The highest BCUT2D eigenvalue weighted by atomic mass is 16.6. The van der Waals surface area contributed by atoms with Gasteiger partial charge < -0.3 is 24.4 Å². The van der Waals surface area contributed by atoms with Crippen molar-refractivity contribution in [2.45, 2.75) is 89.7 Å². The van der Waals surface area contributed by atoms with Gasteiger partial charge in [0.25, 0.3) is 0 Å². The van der Waals surface area contributed by atoms with Gasteiger partial charge in [0.15, 0.2) is 0 Å². The molecule has 35 heavy (non-hydrogen) atoms. The third kappa shape index (κ3) is 4.44. The summed E-state index contributed by atoms with van der Waals surface area (Å²) in [4.78, 5) is 44.9. The minimum atomic E-state index is -1.28. The molecule has 0 aromatic rings. The van der Waals surface area contributed by atoms with Crippen LogP contribution in [0.1, 0.15) is 59.8 Å². The molecule has 0 saturated carbocycles. The van der Waals surface area contributed by atoms with Gasteiger partial charge in [0.05, 0.1) is 30.8 Å². The first-order chi connectivity index (χ1) is 16.8. The van der Waals surface area contributed by atoms with Gasteiger partial charge in [-0.3, -0.25) is 14.4 Å². The predicted molar refractivity (Wildman–Crippen MR) is 130 cm³/mol. The Kier molecular flexibility index (Phi) is 7.71. The molecule has 4 aliphatic heterocycles. The molecule has 0 aliphatic carbocycles. The van der Waals surface area contributed by atoms with Crippen LogP contribution < -0.4 is 0 Å². The third-order valence-corrected chi connectivity index (χ3v) is 8.02. The molecule has 8 nitrogen and oxygen atoms in total. The maximum atomic E-state index is 14.1. The molecule has 1 N–H and O–H groups in total. The Morgan fingerprint density at radius 1 is 1.17 bits per heavy atom. The van der Waals surface area contributed by atoms with Crippen molar-refractivity contribution in [3.8, 4) is 0 Å². The van der Waals surface area contributed by atoms with Crippen molar-refractivity contribution < 1.29 is 29.0 Å².